The first kappa shape index (κ1) is 20.8. The molecule has 0 N–H and O–H groups in total. The molecule has 0 atom stereocenters. The third kappa shape index (κ3) is 3.71. The molecule has 4 rings (SSSR count). The summed E-state index contributed by atoms with van der Waals surface area (Å²) in [4.78, 5) is 16.6. The van der Waals surface area contributed by atoms with Crippen molar-refractivity contribution in [2.24, 2.45) is 0 Å². The predicted octanol–water partition coefficient (Wildman–Crippen LogP) is 3.27. The molecule has 0 bridgehead atoms. The summed E-state index contributed by atoms with van der Waals surface area (Å²) < 4.78 is 75.6. The van der Waals surface area contributed by atoms with E-state index in [1.165, 1.54) is 7.11 Å². The Kier molecular flexibility index (Phi) is 5.35. The normalized spacial score (nSPS) is 11.3. The van der Waals surface area contributed by atoms with Crippen LogP contribution in [0.1, 0.15) is 5.56 Å². The van der Waals surface area contributed by atoms with Gasteiger partial charge in [0.25, 0.3) is 5.56 Å². The zero-order valence-electron chi connectivity index (χ0n) is 15.4. The highest BCUT2D eigenvalue weighted by Crippen LogP contribution is 2.27. The summed E-state index contributed by atoms with van der Waals surface area (Å²) in [5, 5.41) is 7.41. The number of benzene rings is 1. The van der Waals surface area contributed by atoms with Crippen LogP contribution in [0.15, 0.2) is 40.5 Å². The van der Waals surface area contributed by atoms with Gasteiger partial charge < -0.3 is 4.74 Å². The fraction of sp³-hybridized carbons (Fsp3) is 0.111. The number of methoxy groups -OCH3 is 1. The second kappa shape index (κ2) is 7.98. The van der Waals surface area contributed by atoms with Gasteiger partial charge in [-0.1, -0.05) is 11.8 Å². The Labute approximate surface area is 174 Å². The van der Waals surface area contributed by atoms with Crippen LogP contribution in [-0.4, -0.2) is 31.5 Å². The number of nitrogens with zero attached hydrogens (tertiary/aromatic N) is 5. The van der Waals surface area contributed by atoms with Gasteiger partial charge in [-0.15, -0.1) is 9.73 Å². The van der Waals surface area contributed by atoms with Gasteiger partial charge in [-0.05, 0) is 0 Å². The van der Waals surface area contributed by atoms with Crippen LogP contribution in [0.25, 0.3) is 11.2 Å². The molecule has 0 fully saturated rings. The Morgan fingerprint density at radius 2 is 1.71 bits per heavy atom. The van der Waals surface area contributed by atoms with Gasteiger partial charge >= 0.3 is 0 Å². The third-order valence-corrected chi connectivity index (χ3v) is 5.14. The fourth-order valence-electron chi connectivity index (χ4n) is 2.76. The van der Waals surface area contributed by atoms with Crippen molar-refractivity contribution in [3.05, 3.63) is 75.6 Å². The highest BCUT2D eigenvalue weighted by atomic mass is 32.2. The molecule has 31 heavy (non-hydrogen) atoms. The lowest BCUT2D eigenvalue weighted by atomic mass is 10.2. The van der Waals surface area contributed by atoms with Crippen molar-refractivity contribution in [3.8, 4) is 11.6 Å². The van der Waals surface area contributed by atoms with Crippen molar-refractivity contribution >= 4 is 17.3 Å². The number of rotatable bonds is 5. The van der Waals surface area contributed by atoms with Gasteiger partial charge in [0.2, 0.25) is 5.88 Å². The number of hydrogen-bond donors (Lipinski definition) is 0. The number of halogens is 5. The summed E-state index contributed by atoms with van der Waals surface area (Å²) in [6.07, 6.45) is 1.84. The van der Waals surface area contributed by atoms with E-state index >= 15 is 0 Å². The van der Waals surface area contributed by atoms with E-state index < -0.39 is 51.5 Å². The number of thioether (sulfide) groups is 1. The first-order valence-corrected chi connectivity index (χ1v) is 9.41. The maximum atomic E-state index is 14.2. The second-order valence-corrected chi connectivity index (χ2v) is 7.02. The maximum Gasteiger partial charge on any atom is 0.288 e. The van der Waals surface area contributed by atoms with Crippen molar-refractivity contribution in [1.29, 1.82) is 0 Å². The van der Waals surface area contributed by atoms with Gasteiger partial charge in [-0.25, -0.2) is 26.9 Å². The van der Waals surface area contributed by atoms with Crippen molar-refractivity contribution in [1.82, 2.24) is 24.4 Å². The summed E-state index contributed by atoms with van der Waals surface area (Å²) in [6.45, 7) is 0. The molecule has 0 spiro atoms. The Morgan fingerprint density at radius 1 is 1.00 bits per heavy atom. The third-order valence-electron chi connectivity index (χ3n) is 4.18. The van der Waals surface area contributed by atoms with E-state index in [1.807, 2.05) is 0 Å². The highest BCUT2D eigenvalue weighted by molar-refractivity contribution is 7.98. The molecule has 0 saturated heterocycles. The van der Waals surface area contributed by atoms with Gasteiger partial charge in [-0.3, -0.25) is 9.36 Å². The van der Waals surface area contributed by atoms with E-state index in [9.17, 15) is 26.7 Å². The minimum atomic E-state index is -1.14. The molecule has 0 amide bonds. The van der Waals surface area contributed by atoms with Crippen molar-refractivity contribution in [3.63, 3.8) is 0 Å². The molecule has 4 aromatic rings. The minimum Gasteiger partial charge on any atom is -0.479 e. The summed E-state index contributed by atoms with van der Waals surface area (Å²) in [5.41, 5.74) is -2.10. The minimum absolute atomic E-state index is 0.138. The van der Waals surface area contributed by atoms with E-state index in [2.05, 4.69) is 15.2 Å². The molecule has 1 aromatic carbocycles. The van der Waals surface area contributed by atoms with Crippen LogP contribution in [0.4, 0.5) is 22.0 Å². The van der Waals surface area contributed by atoms with Gasteiger partial charge in [-0.2, -0.15) is 5.10 Å². The zero-order valence-corrected chi connectivity index (χ0v) is 16.3. The van der Waals surface area contributed by atoms with Crippen LogP contribution in [0, 0.1) is 29.1 Å². The molecule has 13 heteroatoms. The summed E-state index contributed by atoms with van der Waals surface area (Å²) in [7, 11) is 1.19. The molecular formula is C18H10F5N5O2S. The number of fused-ring (bicyclic) bond motifs is 1. The van der Waals surface area contributed by atoms with E-state index in [0.29, 0.717) is 28.5 Å². The van der Waals surface area contributed by atoms with Crippen LogP contribution < -0.4 is 10.3 Å². The highest BCUT2D eigenvalue weighted by Gasteiger charge is 2.21. The second-order valence-electron chi connectivity index (χ2n) is 6.07. The van der Waals surface area contributed by atoms with E-state index in [0.717, 1.165) is 23.0 Å². The molecule has 0 unspecified atom stereocenters. The lowest BCUT2D eigenvalue weighted by molar-refractivity contribution is 0.368. The first-order chi connectivity index (χ1) is 14.8. The molecule has 3 heterocycles. The summed E-state index contributed by atoms with van der Waals surface area (Å²) >= 11 is 0.668. The standard InChI is InChI=1S/C18H10F5N5O2S/c1-30-16-13(22)4-9(5-24-16)27-17(29)15-14(23)6-25-28(15)26-18(27)31-7-10-11(20)2-8(19)3-12(10)21/h2-6H,7H2,1H3. The van der Waals surface area contributed by atoms with E-state index in [1.54, 1.807) is 0 Å². The SMILES string of the molecule is COc1ncc(-n2c(SCc3c(F)cc(F)cc3F)nn3ncc(F)c3c2=O)cc1F. The number of hydrogen-bond acceptors (Lipinski definition) is 6. The molecular weight excluding hydrogens is 445 g/mol. The summed E-state index contributed by atoms with van der Waals surface area (Å²) in [6, 6.07) is 1.92. The van der Waals surface area contributed by atoms with Crippen LogP contribution in [-0.2, 0) is 5.75 Å². The van der Waals surface area contributed by atoms with Crippen LogP contribution in [0.3, 0.4) is 0 Å². The molecule has 7 nitrogen and oxygen atoms in total. The Bertz CT molecular complexity index is 1350. The van der Waals surface area contributed by atoms with E-state index in [-0.39, 0.29) is 16.7 Å². The van der Waals surface area contributed by atoms with Gasteiger partial charge in [0.1, 0.15) is 17.5 Å². The quantitative estimate of drug-likeness (QED) is 0.340. The number of ether oxygens (including phenoxy) is 1. The van der Waals surface area contributed by atoms with Crippen LogP contribution in [0.5, 0.6) is 5.88 Å². The zero-order chi connectivity index (χ0) is 22.3. The largest absolute Gasteiger partial charge is 0.479 e. The molecule has 3 aromatic heterocycles. The van der Waals surface area contributed by atoms with Gasteiger partial charge in [0.05, 0.1) is 25.2 Å². The van der Waals surface area contributed by atoms with Crippen LogP contribution >= 0.6 is 11.8 Å². The van der Waals surface area contributed by atoms with Gasteiger partial charge in [0.15, 0.2) is 22.3 Å². The maximum absolute atomic E-state index is 14.2. The molecule has 0 aliphatic carbocycles. The Balaban J connectivity index is 1.86. The molecule has 0 aliphatic heterocycles. The average Bonchev–Trinajstić information content (AvgIpc) is 3.08. The van der Waals surface area contributed by atoms with Crippen molar-refractivity contribution in [2.45, 2.75) is 10.9 Å². The Hall–Kier alpha value is -3.48. The number of pyridine rings is 1. The number of aromatic nitrogens is 5. The summed E-state index contributed by atoms with van der Waals surface area (Å²) in [5.74, 6) is -6.00. The monoisotopic (exact) mass is 455 g/mol. The fourth-order valence-corrected chi connectivity index (χ4v) is 3.76. The molecule has 0 radical (unpaired) electrons. The van der Waals surface area contributed by atoms with E-state index in [4.69, 9.17) is 4.74 Å². The topological polar surface area (TPSA) is 74.3 Å². The Morgan fingerprint density at radius 3 is 2.35 bits per heavy atom. The average molecular weight is 455 g/mol. The molecule has 0 saturated carbocycles. The lowest BCUT2D eigenvalue weighted by Gasteiger charge is -2.13. The molecule has 0 aliphatic rings. The predicted molar refractivity (Wildman–Crippen MR) is 98.7 cm³/mol. The van der Waals surface area contributed by atoms with Crippen LogP contribution in [0.2, 0.25) is 0 Å². The van der Waals surface area contributed by atoms with Crippen molar-refractivity contribution in [2.75, 3.05) is 7.11 Å². The first-order valence-electron chi connectivity index (χ1n) is 8.43. The van der Waals surface area contributed by atoms with Gasteiger partial charge in [0, 0.05) is 29.5 Å². The lowest BCUT2D eigenvalue weighted by Crippen LogP contribution is -2.25. The van der Waals surface area contributed by atoms with Crippen molar-refractivity contribution < 1.29 is 26.7 Å². The molecule has 160 valence electrons. The smallest absolute Gasteiger partial charge is 0.288 e.